The van der Waals surface area contributed by atoms with Crippen LogP contribution < -0.4 is 10.6 Å². The molecule has 21 heavy (non-hydrogen) atoms. The fourth-order valence-electron chi connectivity index (χ4n) is 2.75. The van der Waals surface area contributed by atoms with Gasteiger partial charge in [-0.05, 0) is 37.1 Å². The van der Waals surface area contributed by atoms with Crippen LogP contribution in [0.1, 0.15) is 33.9 Å². The fourth-order valence-corrected chi connectivity index (χ4v) is 2.75. The molecule has 4 heteroatoms. The summed E-state index contributed by atoms with van der Waals surface area (Å²) in [6.45, 7) is 2.35. The predicted molar refractivity (Wildman–Crippen MR) is 80.8 cm³/mol. The Morgan fingerprint density at radius 2 is 2.05 bits per heavy atom. The van der Waals surface area contributed by atoms with Gasteiger partial charge in [-0.25, -0.2) is 4.39 Å². The van der Waals surface area contributed by atoms with E-state index in [-0.39, 0.29) is 17.5 Å². The summed E-state index contributed by atoms with van der Waals surface area (Å²) in [6, 6.07) is 12.1. The lowest BCUT2D eigenvalue weighted by atomic mass is 9.96. The first kappa shape index (κ1) is 13.8. The average molecular weight is 284 g/mol. The summed E-state index contributed by atoms with van der Waals surface area (Å²) in [7, 11) is 0. The Morgan fingerprint density at radius 1 is 1.29 bits per heavy atom. The maximum atomic E-state index is 14.0. The first-order valence-corrected chi connectivity index (χ1v) is 7.00. The molecule has 2 N–H and O–H groups in total. The number of aryl methyl sites for hydroxylation is 1. The van der Waals surface area contributed by atoms with Crippen molar-refractivity contribution >= 4 is 11.6 Å². The summed E-state index contributed by atoms with van der Waals surface area (Å²) < 4.78 is 14.0. The summed E-state index contributed by atoms with van der Waals surface area (Å²) in [6.07, 6.45) is 0.677. The molecule has 1 aliphatic heterocycles. The van der Waals surface area contributed by atoms with Crippen LogP contribution in [0.2, 0.25) is 0 Å². The van der Waals surface area contributed by atoms with E-state index in [9.17, 15) is 9.18 Å². The highest BCUT2D eigenvalue weighted by molar-refractivity contribution is 6.07. The molecule has 1 aliphatic rings. The lowest BCUT2D eigenvalue weighted by Crippen LogP contribution is -2.38. The van der Waals surface area contributed by atoms with Crippen LogP contribution >= 0.6 is 0 Å². The summed E-state index contributed by atoms with van der Waals surface area (Å²) in [5, 5.41) is 0. The number of hydrogen-bond donors (Lipinski definition) is 1. The van der Waals surface area contributed by atoms with Crippen molar-refractivity contribution in [1.29, 1.82) is 0 Å². The van der Waals surface area contributed by atoms with Gasteiger partial charge in [-0.3, -0.25) is 4.79 Å². The zero-order chi connectivity index (χ0) is 15.0. The fraction of sp³-hybridized carbons (Fsp3) is 0.235. The number of anilines is 1. The van der Waals surface area contributed by atoms with Gasteiger partial charge in [0, 0.05) is 18.3 Å². The Labute approximate surface area is 123 Å². The van der Waals surface area contributed by atoms with Gasteiger partial charge in [-0.15, -0.1) is 0 Å². The molecule has 0 aliphatic carbocycles. The third kappa shape index (κ3) is 2.43. The highest BCUT2D eigenvalue weighted by Gasteiger charge is 2.28. The number of fused-ring (bicyclic) bond motifs is 1. The molecule has 108 valence electrons. The standard InChI is InChI=1S/C17H17FN2O/c1-11-6-7-14(18)13(10-11)17(21)20-9-8-15(19)12-4-2-3-5-16(12)20/h2-7,10,15H,8-9,19H2,1H3. The van der Waals surface area contributed by atoms with Crippen LogP contribution in [0.25, 0.3) is 0 Å². The molecule has 3 rings (SSSR count). The van der Waals surface area contributed by atoms with Crippen LogP contribution in [-0.2, 0) is 0 Å². The van der Waals surface area contributed by atoms with Gasteiger partial charge >= 0.3 is 0 Å². The Morgan fingerprint density at radius 3 is 2.86 bits per heavy atom. The molecule has 0 bridgehead atoms. The number of hydrogen-bond acceptors (Lipinski definition) is 2. The molecule has 1 amide bonds. The maximum absolute atomic E-state index is 14.0. The smallest absolute Gasteiger partial charge is 0.261 e. The van der Waals surface area contributed by atoms with E-state index in [1.54, 1.807) is 17.0 Å². The Kier molecular flexibility index (Phi) is 3.47. The van der Waals surface area contributed by atoms with Crippen molar-refractivity contribution in [3.8, 4) is 0 Å². The van der Waals surface area contributed by atoms with Crippen molar-refractivity contribution in [1.82, 2.24) is 0 Å². The highest BCUT2D eigenvalue weighted by Crippen LogP contribution is 2.33. The molecule has 0 radical (unpaired) electrons. The van der Waals surface area contributed by atoms with Gasteiger partial charge in [-0.1, -0.05) is 29.8 Å². The van der Waals surface area contributed by atoms with Crippen LogP contribution in [0.5, 0.6) is 0 Å². The van der Waals surface area contributed by atoms with Crippen molar-refractivity contribution in [2.45, 2.75) is 19.4 Å². The molecule has 2 aromatic rings. The molecule has 2 aromatic carbocycles. The number of amides is 1. The van der Waals surface area contributed by atoms with Crippen molar-refractivity contribution in [3.63, 3.8) is 0 Å². The number of carbonyl (C=O) groups excluding carboxylic acids is 1. The molecular weight excluding hydrogens is 267 g/mol. The SMILES string of the molecule is Cc1ccc(F)c(C(=O)N2CCC(N)c3ccccc32)c1. The Bertz CT molecular complexity index is 699. The third-order valence-corrected chi connectivity index (χ3v) is 3.89. The molecule has 1 heterocycles. The number of nitrogens with two attached hydrogens (primary N) is 1. The van der Waals surface area contributed by atoms with Gasteiger partial charge in [0.05, 0.1) is 5.56 Å². The second-order valence-corrected chi connectivity index (χ2v) is 5.39. The van der Waals surface area contributed by atoms with Crippen LogP contribution in [0.15, 0.2) is 42.5 Å². The monoisotopic (exact) mass is 284 g/mol. The lowest BCUT2D eigenvalue weighted by molar-refractivity contribution is 0.0980. The van der Waals surface area contributed by atoms with E-state index in [0.717, 1.165) is 16.8 Å². The summed E-state index contributed by atoms with van der Waals surface area (Å²) in [5.74, 6) is -0.798. The van der Waals surface area contributed by atoms with Gasteiger partial charge in [-0.2, -0.15) is 0 Å². The highest BCUT2D eigenvalue weighted by atomic mass is 19.1. The van der Waals surface area contributed by atoms with E-state index in [4.69, 9.17) is 5.73 Å². The second-order valence-electron chi connectivity index (χ2n) is 5.39. The molecule has 0 spiro atoms. The quantitative estimate of drug-likeness (QED) is 0.874. The Balaban J connectivity index is 2.03. The Hall–Kier alpha value is -2.20. The van der Waals surface area contributed by atoms with Gasteiger partial charge in [0.15, 0.2) is 0 Å². The van der Waals surface area contributed by atoms with E-state index < -0.39 is 5.82 Å². The van der Waals surface area contributed by atoms with Crippen LogP contribution in [0, 0.1) is 12.7 Å². The topological polar surface area (TPSA) is 46.3 Å². The largest absolute Gasteiger partial charge is 0.324 e. The number of rotatable bonds is 1. The normalized spacial score (nSPS) is 17.5. The van der Waals surface area contributed by atoms with Gasteiger partial charge in [0.1, 0.15) is 5.82 Å². The number of nitrogens with zero attached hydrogens (tertiary/aromatic N) is 1. The number of halogens is 1. The van der Waals surface area contributed by atoms with E-state index >= 15 is 0 Å². The van der Waals surface area contributed by atoms with Crippen molar-refractivity contribution in [2.75, 3.05) is 11.4 Å². The van der Waals surface area contributed by atoms with Gasteiger partial charge in [0.2, 0.25) is 0 Å². The van der Waals surface area contributed by atoms with Crippen molar-refractivity contribution in [3.05, 3.63) is 65.0 Å². The summed E-state index contributed by atoms with van der Waals surface area (Å²) in [5.41, 5.74) is 8.78. The number of carbonyl (C=O) groups is 1. The van der Waals surface area contributed by atoms with Gasteiger partial charge < -0.3 is 10.6 Å². The molecule has 0 saturated carbocycles. The van der Waals surface area contributed by atoms with E-state index in [1.165, 1.54) is 6.07 Å². The van der Waals surface area contributed by atoms with Crippen molar-refractivity contribution < 1.29 is 9.18 Å². The van der Waals surface area contributed by atoms with E-state index in [0.29, 0.717) is 13.0 Å². The lowest BCUT2D eigenvalue weighted by Gasteiger charge is -2.32. The second kappa shape index (κ2) is 5.30. The molecular formula is C17H17FN2O. The maximum Gasteiger partial charge on any atom is 0.261 e. The third-order valence-electron chi connectivity index (χ3n) is 3.89. The average Bonchev–Trinajstić information content (AvgIpc) is 2.50. The number of para-hydroxylation sites is 1. The molecule has 0 aromatic heterocycles. The van der Waals surface area contributed by atoms with Crippen molar-refractivity contribution in [2.24, 2.45) is 5.73 Å². The van der Waals surface area contributed by atoms with E-state index in [2.05, 4.69) is 0 Å². The minimum Gasteiger partial charge on any atom is -0.324 e. The number of benzene rings is 2. The van der Waals surface area contributed by atoms with Crippen LogP contribution in [0.3, 0.4) is 0 Å². The molecule has 1 atom stereocenters. The van der Waals surface area contributed by atoms with E-state index in [1.807, 2.05) is 31.2 Å². The minimum absolute atomic E-state index is 0.0763. The molecule has 3 nitrogen and oxygen atoms in total. The van der Waals surface area contributed by atoms with Crippen LogP contribution in [-0.4, -0.2) is 12.5 Å². The zero-order valence-electron chi connectivity index (χ0n) is 11.8. The molecule has 0 saturated heterocycles. The minimum atomic E-state index is -0.488. The molecule has 1 unspecified atom stereocenters. The zero-order valence-corrected chi connectivity index (χ0v) is 11.8. The summed E-state index contributed by atoms with van der Waals surface area (Å²) in [4.78, 5) is 14.3. The van der Waals surface area contributed by atoms with Crippen LogP contribution in [0.4, 0.5) is 10.1 Å². The predicted octanol–water partition coefficient (Wildman–Crippen LogP) is 3.18. The van der Waals surface area contributed by atoms with Gasteiger partial charge in [0.25, 0.3) is 5.91 Å². The first-order chi connectivity index (χ1) is 10.1. The summed E-state index contributed by atoms with van der Waals surface area (Å²) >= 11 is 0. The first-order valence-electron chi connectivity index (χ1n) is 7.00. The molecule has 0 fully saturated rings.